The molecule has 1 aromatic heterocycles. The minimum Gasteiger partial charge on any atom is -0.482 e. The fourth-order valence-corrected chi connectivity index (χ4v) is 3.03. The lowest BCUT2D eigenvalue weighted by molar-refractivity contribution is -0.118. The Hall–Kier alpha value is -2.83. The Balaban J connectivity index is 1.54. The van der Waals surface area contributed by atoms with Gasteiger partial charge in [-0.3, -0.25) is 9.59 Å². The van der Waals surface area contributed by atoms with Gasteiger partial charge in [0, 0.05) is 24.4 Å². The van der Waals surface area contributed by atoms with E-state index in [2.05, 4.69) is 10.3 Å². The second-order valence-electron chi connectivity index (χ2n) is 6.60. The SMILES string of the molecule is CC(C)c1nc2c(o1)CCN(C(=O)c1ccc3c(c1)OCC(=O)N3)C2. The summed E-state index contributed by atoms with van der Waals surface area (Å²) < 4.78 is 11.2. The lowest BCUT2D eigenvalue weighted by Crippen LogP contribution is -2.36. The van der Waals surface area contributed by atoms with Crippen LogP contribution in [0.25, 0.3) is 0 Å². The first kappa shape index (κ1) is 15.7. The van der Waals surface area contributed by atoms with Crippen molar-refractivity contribution in [2.75, 3.05) is 18.5 Å². The lowest BCUT2D eigenvalue weighted by atomic mass is 10.1. The number of nitrogens with zero attached hydrogens (tertiary/aromatic N) is 2. The zero-order valence-electron chi connectivity index (χ0n) is 14.2. The molecule has 0 fully saturated rings. The van der Waals surface area contributed by atoms with Gasteiger partial charge in [0.25, 0.3) is 11.8 Å². The molecule has 0 bridgehead atoms. The van der Waals surface area contributed by atoms with Gasteiger partial charge in [-0.25, -0.2) is 4.98 Å². The maximum absolute atomic E-state index is 12.8. The molecule has 1 aromatic carbocycles. The van der Waals surface area contributed by atoms with Crippen molar-refractivity contribution >= 4 is 17.5 Å². The lowest BCUT2D eigenvalue weighted by Gasteiger charge is -2.26. The summed E-state index contributed by atoms with van der Waals surface area (Å²) >= 11 is 0. The zero-order valence-corrected chi connectivity index (χ0v) is 14.2. The van der Waals surface area contributed by atoms with Gasteiger partial charge in [0.15, 0.2) is 12.5 Å². The summed E-state index contributed by atoms with van der Waals surface area (Å²) in [5.74, 6) is 2.07. The molecular formula is C18H19N3O4. The van der Waals surface area contributed by atoms with Crippen molar-refractivity contribution in [3.05, 3.63) is 41.1 Å². The number of rotatable bonds is 2. The molecule has 0 saturated heterocycles. The van der Waals surface area contributed by atoms with Crippen molar-refractivity contribution in [1.82, 2.24) is 9.88 Å². The van der Waals surface area contributed by atoms with Crippen molar-refractivity contribution in [1.29, 1.82) is 0 Å². The molecule has 130 valence electrons. The highest BCUT2D eigenvalue weighted by Crippen LogP contribution is 2.30. The number of carbonyl (C=O) groups excluding carboxylic acids is 2. The number of amides is 2. The van der Waals surface area contributed by atoms with E-state index < -0.39 is 0 Å². The van der Waals surface area contributed by atoms with E-state index in [1.165, 1.54) is 0 Å². The van der Waals surface area contributed by atoms with Crippen LogP contribution in [0.1, 0.15) is 47.5 Å². The van der Waals surface area contributed by atoms with Crippen LogP contribution in [0.15, 0.2) is 22.6 Å². The summed E-state index contributed by atoms with van der Waals surface area (Å²) in [6.45, 7) is 5.07. The molecule has 7 heteroatoms. The number of hydrogen-bond donors (Lipinski definition) is 1. The van der Waals surface area contributed by atoms with Crippen LogP contribution in [0.5, 0.6) is 5.75 Å². The van der Waals surface area contributed by atoms with Crippen molar-refractivity contribution < 1.29 is 18.7 Å². The number of benzene rings is 1. The van der Waals surface area contributed by atoms with Gasteiger partial charge in [0.2, 0.25) is 0 Å². The Labute approximate surface area is 145 Å². The number of ether oxygens (including phenoxy) is 1. The van der Waals surface area contributed by atoms with Gasteiger partial charge in [-0.1, -0.05) is 13.8 Å². The number of hydrogen-bond acceptors (Lipinski definition) is 5. The third kappa shape index (κ3) is 2.86. The molecule has 2 aromatic rings. The molecule has 0 saturated carbocycles. The van der Waals surface area contributed by atoms with E-state index in [9.17, 15) is 9.59 Å². The molecule has 4 rings (SSSR count). The molecule has 2 aliphatic rings. The topological polar surface area (TPSA) is 84.7 Å². The number of aromatic nitrogens is 1. The standard InChI is InChI=1S/C18H19N3O4/c1-10(2)17-20-13-8-21(6-5-14(13)25-17)18(23)11-3-4-12-15(7-11)24-9-16(22)19-12/h3-4,7,10H,5-6,8-9H2,1-2H3,(H,19,22). The van der Waals surface area contributed by atoms with Gasteiger partial charge in [0.05, 0.1) is 12.2 Å². The Kier molecular flexibility index (Phi) is 3.71. The molecular weight excluding hydrogens is 322 g/mol. The summed E-state index contributed by atoms with van der Waals surface area (Å²) in [6.07, 6.45) is 0.665. The third-order valence-electron chi connectivity index (χ3n) is 4.39. The molecule has 0 atom stereocenters. The van der Waals surface area contributed by atoms with Gasteiger partial charge >= 0.3 is 0 Å². The van der Waals surface area contributed by atoms with Gasteiger partial charge in [0.1, 0.15) is 17.2 Å². The molecule has 0 radical (unpaired) electrons. The fourth-order valence-electron chi connectivity index (χ4n) is 3.03. The van der Waals surface area contributed by atoms with Crippen molar-refractivity contribution in [3.8, 4) is 5.75 Å². The van der Waals surface area contributed by atoms with Gasteiger partial charge in [-0.2, -0.15) is 0 Å². The average Bonchev–Trinajstić information content (AvgIpc) is 3.04. The van der Waals surface area contributed by atoms with Crippen LogP contribution < -0.4 is 10.1 Å². The smallest absolute Gasteiger partial charge is 0.262 e. The second kappa shape index (κ2) is 5.91. The van der Waals surface area contributed by atoms with Crippen LogP contribution in [0, 0.1) is 0 Å². The maximum atomic E-state index is 12.8. The van der Waals surface area contributed by atoms with E-state index >= 15 is 0 Å². The minimum atomic E-state index is -0.192. The third-order valence-corrected chi connectivity index (χ3v) is 4.39. The van der Waals surface area contributed by atoms with Crippen LogP contribution in [-0.4, -0.2) is 34.8 Å². The second-order valence-corrected chi connectivity index (χ2v) is 6.60. The number of carbonyl (C=O) groups is 2. The van der Waals surface area contributed by atoms with E-state index in [0.29, 0.717) is 36.5 Å². The quantitative estimate of drug-likeness (QED) is 0.906. The molecule has 1 N–H and O–H groups in total. The molecule has 7 nitrogen and oxygen atoms in total. The predicted molar refractivity (Wildman–Crippen MR) is 89.6 cm³/mol. The Bertz CT molecular complexity index is 856. The van der Waals surface area contributed by atoms with Crippen LogP contribution in [0.4, 0.5) is 5.69 Å². The summed E-state index contributed by atoms with van der Waals surface area (Å²) in [5.41, 5.74) is 1.96. The first-order valence-electron chi connectivity index (χ1n) is 8.35. The van der Waals surface area contributed by atoms with Crippen molar-refractivity contribution in [2.24, 2.45) is 0 Å². The number of nitrogens with one attached hydrogen (secondary N) is 1. The van der Waals surface area contributed by atoms with Crippen LogP contribution in [0.3, 0.4) is 0 Å². The monoisotopic (exact) mass is 341 g/mol. The molecule has 3 heterocycles. The number of fused-ring (bicyclic) bond motifs is 2. The minimum absolute atomic E-state index is 0.0331. The molecule has 2 amide bonds. The molecule has 0 aliphatic carbocycles. The van der Waals surface area contributed by atoms with Crippen molar-refractivity contribution in [3.63, 3.8) is 0 Å². The maximum Gasteiger partial charge on any atom is 0.262 e. The van der Waals surface area contributed by atoms with Crippen molar-refractivity contribution in [2.45, 2.75) is 32.7 Å². The van der Waals surface area contributed by atoms with E-state index in [-0.39, 0.29) is 24.3 Å². The van der Waals surface area contributed by atoms with E-state index in [0.717, 1.165) is 17.3 Å². The Morgan fingerprint density at radius 2 is 2.20 bits per heavy atom. The molecule has 0 spiro atoms. The van der Waals surface area contributed by atoms with E-state index in [1.54, 1.807) is 23.1 Å². The van der Waals surface area contributed by atoms with E-state index in [4.69, 9.17) is 9.15 Å². The Morgan fingerprint density at radius 1 is 1.36 bits per heavy atom. The normalized spacial score (nSPS) is 16.1. The van der Waals surface area contributed by atoms with Gasteiger partial charge in [-0.15, -0.1) is 0 Å². The van der Waals surface area contributed by atoms with E-state index in [1.807, 2.05) is 13.8 Å². The highest BCUT2D eigenvalue weighted by atomic mass is 16.5. The summed E-state index contributed by atoms with van der Waals surface area (Å²) in [4.78, 5) is 30.4. The fraction of sp³-hybridized carbons (Fsp3) is 0.389. The zero-order chi connectivity index (χ0) is 17.6. The first-order chi connectivity index (χ1) is 12.0. The summed E-state index contributed by atoms with van der Waals surface area (Å²) in [6, 6.07) is 5.07. The number of anilines is 1. The summed E-state index contributed by atoms with van der Waals surface area (Å²) in [5, 5.41) is 2.72. The predicted octanol–water partition coefficient (Wildman–Crippen LogP) is 2.33. The average molecular weight is 341 g/mol. The Morgan fingerprint density at radius 3 is 3.00 bits per heavy atom. The highest BCUT2D eigenvalue weighted by molar-refractivity contribution is 5.99. The van der Waals surface area contributed by atoms with Gasteiger partial charge in [-0.05, 0) is 18.2 Å². The molecule has 0 unspecified atom stereocenters. The molecule has 25 heavy (non-hydrogen) atoms. The largest absolute Gasteiger partial charge is 0.482 e. The van der Waals surface area contributed by atoms with Gasteiger partial charge < -0.3 is 19.4 Å². The first-order valence-corrected chi connectivity index (χ1v) is 8.35. The van der Waals surface area contributed by atoms with Crippen LogP contribution in [0.2, 0.25) is 0 Å². The van der Waals surface area contributed by atoms with Crippen LogP contribution >= 0.6 is 0 Å². The highest BCUT2D eigenvalue weighted by Gasteiger charge is 2.27. The molecule has 2 aliphatic heterocycles. The number of oxazole rings is 1. The van der Waals surface area contributed by atoms with Crippen LogP contribution in [-0.2, 0) is 17.8 Å². The summed E-state index contributed by atoms with van der Waals surface area (Å²) in [7, 11) is 0.